The molecule has 1 atom stereocenters. The van der Waals surface area contributed by atoms with Gasteiger partial charge in [-0.3, -0.25) is 0 Å². The Morgan fingerprint density at radius 3 is 2.89 bits per heavy atom. The molecule has 1 aromatic rings. The molecule has 0 amide bonds. The van der Waals surface area contributed by atoms with E-state index in [9.17, 15) is 12.8 Å². The van der Waals surface area contributed by atoms with Crippen molar-refractivity contribution in [1.82, 2.24) is 4.31 Å². The fourth-order valence-electron chi connectivity index (χ4n) is 1.98. The van der Waals surface area contributed by atoms with Gasteiger partial charge in [0.15, 0.2) is 0 Å². The van der Waals surface area contributed by atoms with Crippen LogP contribution in [0.4, 0.5) is 4.39 Å². The standard InChI is InChI=1S/C12H15BrFNO3S/c1-2-10-8-15(5-6-18-10)19(16,17)12-4-3-9(13)7-11(12)14/h3-4,7,10H,2,5-6,8H2,1H3. The fourth-order valence-corrected chi connectivity index (χ4v) is 3.82. The Bertz CT molecular complexity index is 564. The minimum Gasteiger partial charge on any atom is -0.375 e. The molecule has 1 aliphatic heterocycles. The van der Waals surface area contributed by atoms with E-state index in [1.807, 2.05) is 6.92 Å². The van der Waals surface area contributed by atoms with Crippen LogP contribution in [0, 0.1) is 5.82 Å². The number of ether oxygens (including phenoxy) is 1. The first-order valence-corrected chi connectivity index (χ1v) is 8.25. The minimum absolute atomic E-state index is 0.123. The van der Waals surface area contributed by atoms with Gasteiger partial charge in [-0.05, 0) is 24.6 Å². The lowest BCUT2D eigenvalue weighted by atomic mass is 10.2. The van der Waals surface area contributed by atoms with E-state index in [1.165, 1.54) is 16.4 Å². The first-order chi connectivity index (χ1) is 8.95. The van der Waals surface area contributed by atoms with E-state index in [4.69, 9.17) is 4.74 Å². The molecule has 1 saturated heterocycles. The summed E-state index contributed by atoms with van der Waals surface area (Å²) in [6.45, 7) is 2.81. The predicted molar refractivity (Wildman–Crippen MR) is 72.9 cm³/mol. The molecule has 0 radical (unpaired) electrons. The van der Waals surface area contributed by atoms with Gasteiger partial charge in [-0.2, -0.15) is 4.31 Å². The van der Waals surface area contributed by atoms with Crippen LogP contribution in [0.1, 0.15) is 13.3 Å². The van der Waals surface area contributed by atoms with Crippen molar-refractivity contribution in [3.63, 3.8) is 0 Å². The number of morpholine rings is 1. The monoisotopic (exact) mass is 351 g/mol. The van der Waals surface area contributed by atoms with Gasteiger partial charge in [-0.15, -0.1) is 0 Å². The van der Waals surface area contributed by atoms with Gasteiger partial charge in [0.05, 0.1) is 12.7 Å². The minimum atomic E-state index is -3.79. The highest BCUT2D eigenvalue weighted by Crippen LogP contribution is 2.24. The Kier molecular flexibility index (Phi) is 4.60. The van der Waals surface area contributed by atoms with E-state index in [-0.39, 0.29) is 24.1 Å². The van der Waals surface area contributed by atoms with Crippen molar-refractivity contribution in [2.75, 3.05) is 19.7 Å². The molecule has 1 aliphatic rings. The Labute approximate surface area is 120 Å². The van der Waals surface area contributed by atoms with E-state index in [1.54, 1.807) is 0 Å². The van der Waals surface area contributed by atoms with Crippen molar-refractivity contribution in [3.05, 3.63) is 28.5 Å². The third-order valence-corrected chi connectivity index (χ3v) is 5.46. The lowest BCUT2D eigenvalue weighted by Gasteiger charge is -2.31. The summed E-state index contributed by atoms with van der Waals surface area (Å²) >= 11 is 3.11. The van der Waals surface area contributed by atoms with Gasteiger partial charge < -0.3 is 4.74 Å². The largest absolute Gasteiger partial charge is 0.375 e. The second-order valence-corrected chi connectivity index (χ2v) is 7.16. The Balaban J connectivity index is 2.31. The fraction of sp³-hybridized carbons (Fsp3) is 0.500. The summed E-state index contributed by atoms with van der Waals surface area (Å²) in [5.74, 6) is -0.742. The quantitative estimate of drug-likeness (QED) is 0.839. The second kappa shape index (κ2) is 5.87. The first kappa shape index (κ1) is 14.9. The molecule has 1 unspecified atom stereocenters. The molecule has 4 nitrogen and oxygen atoms in total. The number of halogens is 2. The molecule has 1 fully saturated rings. The molecule has 2 rings (SSSR count). The van der Waals surface area contributed by atoms with Gasteiger partial charge in [0.2, 0.25) is 10.0 Å². The third kappa shape index (κ3) is 3.16. The van der Waals surface area contributed by atoms with Gasteiger partial charge >= 0.3 is 0 Å². The molecule has 19 heavy (non-hydrogen) atoms. The van der Waals surface area contributed by atoms with Crippen LogP contribution in [-0.4, -0.2) is 38.5 Å². The number of benzene rings is 1. The number of rotatable bonds is 3. The van der Waals surface area contributed by atoms with Crippen molar-refractivity contribution >= 4 is 26.0 Å². The molecule has 7 heteroatoms. The van der Waals surface area contributed by atoms with Crippen molar-refractivity contribution < 1.29 is 17.5 Å². The van der Waals surface area contributed by atoms with E-state index >= 15 is 0 Å². The summed E-state index contributed by atoms with van der Waals surface area (Å²) in [5, 5.41) is 0. The lowest BCUT2D eigenvalue weighted by molar-refractivity contribution is -0.00283. The molecule has 0 N–H and O–H groups in total. The summed E-state index contributed by atoms with van der Waals surface area (Å²) in [4.78, 5) is -0.285. The molecule has 0 spiro atoms. The summed E-state index contributed by atoms with van der Waals surface area (Å²) in [5.41, 5.74) is 0. The maximum Gasteiger partial charge on any atom is 0.246 e. The zero-order chi connectivity index (χ0) is 14.0. The Morgan fingerprint density at radius 2 is 2.26 bits per heavy atom. The van der Waals surface area contributed by atoms with Crippen molar-refractivity contribution in [2.45, 2.75) is 24.3 Å². The van der Waals surface area contributed by atoms with Crippen LogP contribution >= 0.6 is 15.9 Å². The number of nitrogens with zero attached hydrogens (tertiary/aromatic N) is 1. The average molecular weight is 352 g/mol. The zero-order valence-electron chi connectivity index (χ0n) is 10.5. The predicted octanol–water partition coefficient (Wildman–Crippen LogP) is 2.39. The van der Waals surface area contributed by atoms with E-state index in [2.05, 4.69) is 15.9 Å². The summed E-state index contributed by atoms with van der Waals surface area (Å²) in [7, 11) is -3.79. The first-order valence-electron chi connectivity index (χ1n) is 6.02. The Hall–Kier alpha value is -0.500. The molecule has 0 saturated carbocycles. The van der Waals surface area contributed by atoms with E-state index in [0.717, 1.165) is 12.5 Å². The SMILES string of the molecule is CCC1CN(S(=O)(=O)c2ccc(Br)cc2F)CCO1. The van der Waals surface area contributed by atoms with Crippen LogP contribution in [-0.2, 0) is 14.8 Å². The maximum atomic E-state index is 13.8. The van der Waals surface area contributed by atoms with Gasteiger partial charge in [-0.25, -0.2) is 12.8 Å². The van der Waals surface area contributed by atoms with Gasteiger partial charge in [0.25, 0.3) is 0 Å². The summed E-state index contributed by atoms with van der Waals surface area (Å²) < 4.78 is 45.8. The van der Waals surface area contributed by atoms with Crippen LogP contribution in [0.2, 0.25) is 0 Å². The highest BCUT2D eigenvalue weighted by Gasteiger charge is 2.31. The van der Waals surface area contributed by atoms with E-state index in [0.29, 0.717) is 11.1 Å². The third-order valence-electron chi connectivity index (χ3n) is 3.07. The van der Waals surface area contributed by atoms with Crippen molar-refractivity contribution in [2.24, 2.45) is 0 Å². The van der Waals surface area contributed by atoms with Crippen LogP contribution in [0.5, 0.6) is 0 Å². The average Bonchev–Trinajstić information content (AvgIpc) is 2.38. The molecule has 1 aromatic carbocycles. The molecule has 0 aromatic heterocycles. The number of sulfonamides is 1. The maximum absolute atomic E-state index is 13.8. The van der Waals surface area contributed by atoms with Crippen LogP contribution < -0.4 is 0 Å². The topological polar surface area (TPSA) is 46.6 Å². The second-order valence-electron chi connectivity index (χ2n) is 4.34. The van der Waals surface area contributed by atoms with Gasteiger partial charge in [0, 0.05) is 17.6 Å². The highest BCUT2D eigenvalue weighted by molar-refractivity contribution is 9.10. The molecule has 0 bridgehead atoms. The summed E-state index contributed by atoms with van der Waals surface area (Å²) in [6, 6.07) is 3.96. The van der Waals surface area contributed by atoms with Gasteiger partial charge in [0.1, 0.15) is 10.7 Å². The molecule has 106 valence electrons. The lowest BCUT2D eigenvalue weighted by Crippen LogP contribution is -2.45. The molecule has 0 aliphatic carbocycles. The normalized spacial score (nSPS) is 21.5. The van der Waals surface area contributed by atoms with Crippen molar-refractivity contribution in [3.8, 4) is 0 Å². The molecular weight excluding hydrogens is 337 g/mol. The van der Waals surface area contributed by atoms with Crippen LogP contribution in [0.3, 0.4) is 0 Å². The Morgan fingerprint density at radius 1 is 1.53 bits per heavy atom. The number of hydrogen-bond acceptors (Lipinski definition) is 3. The highest BCUT2D eigenvalue weighted by atomic mass is 79.9. The molecular formula is C12H15BrFNO3S. The summed E-state index contributed by atoms with van der Waals surface area (Å²) in [6.07, 6.45) is 0.608. The van der Waals surface area contributed by atoms with Crippen LogP contribution in [0.25, 0.3) is 0 Å². The zero-order valence-corrected chi connectivity index (χ0v) is 12.9. The van der Waals surface area contributed by atoms with E-state index < -0.39 is 15.8 Å². The van der Waals surface area contributed by atoms with Crippen molar-refractivity contribution in [1.29, 1.82) is 0 Å². The molecule has 1 heterocycles. The van der Waals surface area contributed by atoms with Crippen LogP contribution in [0.15, 0.2) is 27.6 Å². The number of hydrogen-bond donors (Lipinski definition) is 0. The van der Waals surface area contributed by atoms with Gasteiger partial charge in [-0.1, -0.05) is 22.9 Å². The smallest absolute Gasteiger partial charge is 0.246 e.